The van der Waals surface area contributed by atoms with Crippen molar-refractivity contribution in [1.82, 2.24) is 24.6 Å². The molecule has 0 radical (unpaired) electrons. The molecule has 0 amide bonds. The van der Waals surface area contributed by atoms with Gasteiger partial charge in [0.15, 0.2) is 5.69 Å². The number of hydrogen-bond acceptors (Lipinski definition) is 7. The van der Waals surface area contributed by atoms with Crippen LogP contribution in [0.2, 0.25) is 0 Å². The van der Waals surface area contributed by atoms with Gasteiger partial charge in [0.1, 0.15) is 0 Å². The molecule has 2 N–H and O–H groups in total. The number of ether oxygens (including phenoxy) is 1. The summed E-state index contributed by atoms with van der Waals surface area (Å²) in [6.07, 6.45) is 3.14. The molecule has 0 spiro atoms. The van der Waals surface area contributed by atoms with Gasteiger partial charge >= 0.3 is 5.97 Å². The molecule has 3 heterocycles. The van der Waals surface area contributed by atoms with Crippen LogP contribution in [0.5, 0.6) is 0 Å². The summed E-state index contributed by atoms with van der Waals surface area (Å²) >= 11 is 0. The summed E-state index contributed by atoms with van der Waals surface area (Å²) in [4.78, 5) is 23.1. The van der Waals surface area contributed by atoms with E-state index in [1.165, 1.54) is 5.56 Å². The number of rotatable bonds is 5. The molecule has 160 valence electrons. The van der Waals surface area contributed by atoms with Gasteiger partial charge in [0.25, 0.3) is 0 Å². The summed E-state index contributed by atoms with van der Waals surface area (Å²) in [6, 6.07) is 8.26. The van der Waals surface area contributed by atoms with Crippen molar-refractivity contribution in [2.75, 3.05) is 31.6 Å². The van der Waals surface area contributed by atoms with E-state index in [1.54, 1.807) is 11.7 Å². The molecule has 1 fully saturated rings. The van der Waals surface area contributed by atoms with E-state index in [4.69, 9.17) is 9.72 Å². The molecule has 2 aliphatic rings. The lowest BCUT2D eigenvalue weighted by atomic mass is 9.93. The summed E-state index contributed by atoms with van der Waals surface area (Å²) in [6.45, 7) is 4.42. The average Bonchev–Trinajstić information content (AvgIpc) is 3.13. The van der Waals surface area contributed by atoms with Crippen LogP contribution in [0.25, 0.3) is 11.4 Å². The van der Waals surface area contributed by atoms with Crippen LogP contribution < -0.4 is 5.32 Å². The summed E-state index contributed by atoms with van der Waals surface area (Å²) in [5.74, 6) is -0.532. The Morgan fingerprint density at radius 1 is 1.19 bits per heavy atom. The number of nitrogens with one attached hydrogen (secondary N) is 1. The number of aromatic carboxylic acids is 1. The van der Waals surface area contributed by atoms with E-state index in [2.05, 4.69) is 32.4 Å². The largest absolute Gasteiger partial charge is 0.476 e. The average molecular weight is 420 g/mol. The summed E-state index contributed by atoms with van der Waals surface area (Å²) in [5, 5.41) is 16.9. The standard InChI is InChI=1S/C22H24N6O3/c1-27-20-17(19(26-27)21(29)30)7-4-15-12-23-22(25-18(15)20)24-16-5-2-14(3-6-16)13-28-8-10-31-11-9-28/h2-3,5-6,12H,4,7-11,13H2,1H3,(H,29,30)(H,23,24,25). The van der Waals surface area contributed by atoms with Crippen molar-refractivity contribution in [2.24, 2.45) is 7.05 Å². The number of aromatic nitrogens is 4. The topological polar surface area (TPSA) is 105 Å². The van der Waals surface area contributed by atoms with E-state index < -0.39 is 5.97 Å². The fourth-order valence-corrected chi connectivity index (χ4v) is 4.23. The second-order valence-electron chi connectivity index (χ2n) is 7.88. The SMILES string of the molecule is Cn1nc(C(=O)O)c2c1-c1nc(Nc3ccc(CN4CCOCC4)cc3)ncc1CC2. The molecule has 2 aromatic heterocycles. The molecule has 0 atom stereocenters. The fourth-order valence-electron chi connectivity index (χ4n) is 4.23. The number of anilines is 2. The van der Waals surface area contributed by atoms with Gasteiger partial charge in [-0.05, 0) is 36.1 Å². The van der Waals surface area contributed by atoms with Gasteiger partial charge < -0.3 is 15.2 Å². The Kier molecular flexibility index (Phi) is 5.13. The Morgan fingerprint density at radius 3 is 2.71 bits per heavy atom. The number of morpholine rings is 1. The maximum atomic E-state index is 11.5. The summed E-state index contributed by atoms with van der Waals surface area (Å²) < 4.78 is 7.01. The maximum absolute atomic E-state index is 11.5. The molecule has 9 nitrogen and oxygen atoms in total. The van der Waals surface area contributed by atoms with Crippen molar-refractivity contribution < 1.29 is 14.6 Å². The Morgan fingerprint density at radius 2 is 1.97 bits per heavy atom. The quantitative estimate of drug-likeness (QED) is 0.648. The van der Waals surface area contributed by atoms with E-state index in [9.17, 15) is 9.90 Å². The van der Waals surface area contributed by atoms with Crippen molar-refractivity contribution in [3.8, 4) is 11.4 Å². The molecule has 1 aromatic carbocycles. The lowest BCUT2D eigenvalue weighted by molar-refractivity contribution is 0.0342. The molecule has 1 aliphatic carbocycles. The number of carboxylic acids is 1. The molecule has 1 saturated heterocycles. The first-order valence-corrected chi connectivity index (χ1v) is 10.4. The van der Waals surface area contributed by atoms with Crippen LogP contribution >= 0.6 is 0 Å². The van der Waals surface area contributed by atoms with Crippen molar-refractivity contribution in [3.05, 3.63) is 52.8 Å². The van der Waals surface area contributed by atoms with Crippen molar-refractivity contribution >= 4 is 17.6 Å². The van der Waals surface area contributed by atoms with E-state index in [1.807, 2.05) is 18.3 Å². The highest BCUT2D eigenvalue weighted by Crippen LogP contribution is 2.34. The lowest BCUT2D eigenvalue weighted by Crippen LogP contribution is -2.35. The van der Waals surface area contributed by atoms with E-state index in [0.29, 0.717) is 18.8 Å². The van der Waals surface area contributed by atoms with E-state index in [0.717, 1.165) is 61.1 Å². The molecule has 1 aliphatic heterocycles. The number of nitrogens with zero attached hydrogens (tertiary/aromatic N) is 5. The van der Waals surface area contributed by atoms with Crippen LogP contribution in [0, 0.1) is 0 Å². The normalized spacial score (nSPS) is 15.9. The van der Waals surface area contributed by atoms with E-state index >= 15 is 0 Å². The van der Waals surface area contributed by atoms with Crippen molar-refractivity contribution in [2.45, 2.75) is 19.4 Å². The first kappa shape index (κ1) is 19.7. The minimum atomic E-state index is -1.01. The number of hydrogen-bond donors (Lipinski definition) is 2. The van der Waals surface area contributed by atoms with Gasteiger partial charge in [-0.3, -0.25) is 9.58 Å². The van der Waals surface area contributed by atoms with Crippen LogP contribution in [0.3, 0.4) is 0 Å². The van der Waals surface area contributed by atoms with Gasteiger partial charge in [-0.2, -0.15) is 5.10 Å². The van der Waals surface area contributed by atoms with Crippen molar-refractivity contribution in [3.63, 3.8) is 0 Å². The van der Waals surface area contributed by atoms with Gasteiger partial charge in [-0.15, -0.1) is 0 Å². The fraction of sp³-hybridized carbons (Fsp3) is 0.364. The Bertz CT molecular complexity index is 1120. The lowest BCUT2D eigenvalue weighted by Gasteiger charge is -2.26. The van der Waals surface area contributed by atoms with Gasteiger partial charge in [0.05, 0.1) is 24.6 Å². The van der Waals surface area contributed by atoms with Gasteiger partial charge in [0, 0.05) is 44.1 Å². The molecule has 9 heteroatoms. The minimum Gasteiger partial charge on any atom is -0.476 e. The number of carboxylic acid groups (broad SMARTS) is 1. The monoisotopic (exact) mass is 420 g/mol. The Balaban J connectivity index is 1.36. The number of carbonyl (C=O) groups is 1. The van der Waals surface area contributed by atoms with Crippen LogP contribution in [0.1, 0.15) is 27.2 Å². The highest BCUT2D eigenvalue weighted by molar-refractivity contribution is 5.90. The van der Waals surface area contributed by atoms with Crippen LogP contribution in [-0.2, 0) is 31.2 Å². The molecule has 3 aromatic rings. The highest BCUT2D eigenvalue weighted by Gasteiger charge is 2.28. The second-order valence-corrected chi connectivity index (χ2v) is 7.88. The first-order chi connectivity index (χ1) is 15.1. The van der Waals surface area contributed by atoms with Crippen LogP contribution in [0.4, 0.5) is 11.6 Å². The third kappa shape index (κ3) is 3.89. The Labute approximate surface area is 179 Å². The number of fused-ring (bicyclic) bond motifs is 3. The molecular weight excluding hydrogens is 396 g/mol. The van der Waals surface area contributed by atoms with Gasteiger partial charge in [0.2, 0.25) is 5.95 Å². The zero-order valence-corrected chi connectivity index (χ0v) is 17.3. The maximum Gasteiger partial charge on any atom is 0.356 e. The zero-order valence-electron chi connectivity index (χ0n) is 17.3. The molecule has 0 bridgehead atoms. The predicted molar refractivity (Wildman–Crippen MR) is 114 cm³/mol. The molecule has 31 heavy (non-hydrogen) atoms. The van der Waals surface area contributed by atoms with E-state index in [-0.39, 0.29) is 5.69 Å². The predicted octanol–water partition coefficient (Wildman–Crippen LogP) is 2.25. The number of benzene rings is 1. The highest BCUT2D eigenvalue weighted by atomic mass is 16.5. The zero-order chi connectivity index (χ0) is 21.4. The van der Waals surface area contributed by atoms with Crippen LogP contribution in [-0.4, -0.2) is 62.0 Å². The molecule has 0 unspecified atom stereocenters. The second kappa shape index (κ2) is 8.09. The molecular formula is C22H24N6O3. The summed E-state index contributed by atoms with van der Waals surface area (Å²) in [7, 11) is 1.75. The third-order valence-electron chi connectivity index (χ3n) is 5.80. The first-order valence-electron chi connectivity index (χ1n) is 10.4. The minimum absolute atomic E-state index is 0.104. The third-order valence-corrected chi connectivity index (χ3v) is 5.80. The van der Waals surface area contributed by atoms with Crippen molar-refractivity contribution in [1.29, 1.82) is 0 Å². The Hall–Kier alpha value is -3.30. The van der Waals surface area contributed by atoms with Crippen LogP contribution in [0.15, 0.2) is 30.5 Å². The van der Waals surface area contributed by atoms with Gasteiger partial charge in [-0.25, -0.2) is 14.8 Å². The van der Waals surface area contributed by atoms with Gasteiger partial charge in [-0.1, -0.05) is 12.1 Å². The summed E-state index contributed by atoms with van der Waals surface area (Å²) in [5.41, 5.74) is 5.48. The smallest absolute Gasteiger partial charge is 0.356 e. The molecule has 0 saturated carbocycles. The molecule has 5 rings (SSSR count). The number of aryl methyl sites for hydroxylation is 2.